The molecule has 5 nitrogen and oxygen atoms in total. The van der Waals surface area contributed by atoms with Gasteiger partial charge < -0.3 is 5.32 Å². The van der Waals surface area contributed by atoms with Crippen LogP contribution in [0.4, 0.5) is 11.4 Å². The first-order chi connectivity index (χ1) is 11.2. The Labute approximate surface area is 147 Å². The zero-order chi connectivity index (χ0) is 17.9. The highest BCUT2D eigenvalue weighted by Crippen LogP contribution is 2.23. The van der Waals surface area contributed by atoms with Crippen LogP contribution in [0.25, 0.3) is 0 Å². The summed E-state index contributed by atoms with van der Waals surface area (Å²) in [5.41, 5.74) is 2.90. The summed E-state index contributed by atoms with van der Waals surface area (Å²) in [7, 11) is -3.61. The molecule has 1 amide bonds. The summed E-state index contributed by atoms with van der Waals surface area (Å²) >= 11 is 6.00. The fourth-order valence-corrected chi connectivity index (χ4v) is 3.19. The third-order valence-electron chi connectivity index (χ3n) is 3.61. The largest absolute Gasteiger partial charge is 0.323 e. The van der Waals surface area contributed by atoms with Crippen LogP contribution in [-0.4, -0.2) is 27.1 Å². The van der Waals surface area contributed by atoms with Crippen molar-refractivity contribution in [3.05, 3.63) is 58.6 Å². The molecular weight excluding hydrogens is 348 g/mol. The number of carbonyl (C=O) groups excluding carboxylic acids is 1. The van der Waals surface area contributed by atoms with Crippen molar-refractivity contribution in [3.8, 4) is 0 Å². The lowest BCUT2D eigenvalue weighted by Gasteiger charge is -2.22. The lowest BCUT2D eigenvalue weighted by molar-refractivity contribution is -0.114. The van der Waals surface area contributed by atoms with Gasteiger partial charge in [0.2, 0.25) is 15.9 Å². The van der Waals surface area contributed by atoms with E-state index in [4.69, 9.17) is 11.6 Å². The van der Waals surface area contributed by atoms with Gasteiger partial charge in [-0.2, -0.15) is 0 Å². The maximum atomic E-state index is 12.3. The molecule has 24 heavy (non-hydrogen) atoms. The van der Waals surface area contributed by atoms with Gasteiger partial charge in [-0.05, 0) is 49.2 Å². The van der Waals surface area contributed by atoms with Gasteiger partial charge in [-0.25, -0.2) is 8.42 Å². The van der Waals surface area contributed by atoms with E-state index in [0.717, 1.165) is 21.7 Å². The average molecular weight is 367 g/mol. The number of carbonyl (C=O) groups is 1. The molecule has 0 unspecified atom stereocenters. The van der Waals surface area contributed by atoms with Crippen molar-refractivity contribution < 1.29 is 13.2 Å². The molecule has 0 spiro atoms. The molecular formula is C17H19ClN2O3S. The van der Waals surface area contributed by atoms with Gasteiger partial charge in [-0.15, -0.1) is 0 Å². The normalized spacial score (nSPS) is 11.2. The van der Waals surface area contributed by atoms with Gasteiger partial charge in [0.25, 0.3) is 0 Å². The zero-order valence-electron chi connectivity index (χ0n) is 13.7. The van der Waals surface area contributed by atoms with Crippen LogP contribution in [0.1, 0.15) is 11.1 Å². The molecule has 0 aliphatic carbocycles. The molecule has 0 heterocycles. The Bertz CT molecular complexity index is 866. The standard InChI is InChI=1S/C17H19ClN2O3S/c1-12-8-9-14(10-13(12)2)20(24(3,22)23)11-17(21)19-16-7-5-4-6-15(16)18/h4-10H,11H2,1-3H3,(H,19,21). The second-order valence-electron chi connectivity index (χ2n) is 5.57. The van der Waals surface area contributed by atoms with Crippen LogP contribution >= 0.6 is 11.6 Å². The molecule has 128 valence electrons. The molecule has 2 rings (SSSR count). The molecule has 0 saturated carbocycles. The number of rotatable bonds is 5. The highest BCUT2D eigenvalue weighted by atomic mass is 35.5. The van der Waals surface area contributed by atoms with E-state index in [1.165, 1.54) is 0 Å². The van der Waals surface area contributed by atoms with Gasteiger partial charge in [-0.3, -0.25) is 9.10 Å². The topological polar surface area (TPSA) is 66.5 Å². The lowest BCUT2D eigenvalue weighted by atomic mass is 10.1. The molecule has 0 radical (unpaired) electrons. The smallest absolute Gasteiger partial charge is 0.245 e. The van der Waals surface area contributed by atoms with Crippen LogP contribution in [0.3, 0.4) is 0 Å². The molecule has 0 saturated heterocycles. The minimum Gasteiger partial charge on any atom is -0.323 e. The predicted molar refractivity (Wildman–Crippen MR) is 98.2 cm³/mol. The third kappa shape index (κ3) is 4.49. The number of nitrogens with zero attached hydrogens (tertiary/aromatic N) is 1. The summed E-state index contributed by atoms with van der Waals surface area (Å²) in [6.07, 6.45) is 1.07. The molecule has 0 bridgehead atoms. The van der Waals surface area contributed by atoms with Crippen molar-refractivity contribution in [2.24, 2.45) is 0 Å². The van der Waals surface area contributed by atoms with Crippen molar-refractivity contribution >= 4 is 38.9 Å². The molecule has 0 aliphatic rings. The van der Waals surface area contributed by atoms with Crippen LogP contribution in [0, 0.1) is 13.8 Å². The second kappa shape index (κ2) is 7.23. The highest BCUT2D eigenvalue weighted by molar-refractivity contribution is 7.92. The van der Waals surface area contributed by atoms with E-state index in [0.29, 0.717) is 16.4 Å². The second-order valence-corrected chi connectivity index (χ2v) is 7.88. The van der Waals surface area contributed by atoms with E-state index in [-0.39, 0.29) is 6.54 Å². The molecule has 0 atom stereocenters. The molecule has 7 heteroatoms. The van der Waals surface area contributed by atoms with E-state index >= 15 is 0 Å². The molecule has 1 N–H and O–H groups in total. The molecule has 0 fully saturated rings. The highest BCUT2D eigenvalue weighted by Gasteiger charge is 2.21. The SMILES string of the molecule is Cc1ccc(N(CC(=O)Nc2ccccc2Cl)S(C)(=O)=O)cc1C. The van der Waals surface area contributed by atoms with E-state index < -0.39 is 15.9 Å². The molecule has 0 aromatic heterocycles. The van der Waals surface area contributed by atoms with E-state index in [9.17, 15) is 13.2 Å². The van der Waals surface area contributed by atoms with E-state index in [1.807, 2.05) is 19.9 Å². The number of anilines is 2. The number of nitrogens with one attached hydrogen (secondary N) is 1. The van der Waals surface area contributed by atoms with Gasteiger partial charge in [0, 0.05) is 0 Å². The minimum atomic E-state index is -3.61. The van der Waals surface area contributed by atoms with Gasteiger partial charge in [0.1, 0.15) is 6.54 Å². The number of hydrogen-bond acceptors (Lipinski definition) is 3. The van der Waals surface area contributed by atoms with Crippen LogP contribution in [0.5, 0.6) is 0 Å². The first-order valence-electron chi connectivity index (χ1n) is 7.28. The average Bonchev–Trinajstić information content (AvgIpc) is 2.49. The fourth-order valence-electron chi connectivity index (χ4n) is 2.16. The Kier molecular flexibility index (Phi) is 5.51. The van der Waals surface area contributed by atoms with Crippen LogP contribution in [0.15, 0.2) is 42.5 Å². The Morgan fingerprint density at radius 2 is 1.79 bits per heavy atom. The first-order valence-corrected chi connectivity index (χ1v) is 9.50. The van der Waals surface area contributed by atoms with Crippen LogP contribution < -0.4 is 9.62 Å². The Hall–Kier alpha value is -2.05. The summed E-state index contributed by atoms with van der Waals surface area (Å²) in [4.78, 5) is 12.3. The van der Waals surface area contributed by atoms with Crippen molar-refractivity contribution in [2.45, 2.75) is 13.8 Å². The van der Waals surface area contributed by atoms with Crippen molar-refractivity contribution in [3.63, 3.8) is 0 Å². The molecule has 2 aromatic carbocycles. The summed E-state index contributed by atoms with van der Waals surface area (Å²) in [6, 6.07) is 12.0. The quantitative estimate of drug-likeness (QED) is 0.882. The van der Waals surface area contributed by atoms with Crippen LogP contribution in [0.2, 0.25) is 5.02 Å². The number of halogens is 1. The first kappa shape index (κ1) is 18.3. The minimum absolute atomic E-state index is 0.327. The van der Waals surface area contributed by atoms with Gasteiger partial charge >= 0.3 is 0 Å². The zero-order valence-corrected chi connectivity index (χ0v) is 15.3. The van der Waals surface area contributed by atoms with Crippen molar-refractivity contribution in [2.75, 3.05) is 22.4 Å². The summed E-state index contributed by atoms with van der Waals surface area (Å²) in [5.74, 6) is -0.466. The Balaban J connectivity index is 2.25. The van der Waals surface area contributed by atoms with Crippen molar-refractivity contribution in [1.82, 2.24) is 0 Å². The van der Waals surface area contributed by atoms with Crippen molar-refractivity contribution in [1.29, 1.82) is 0 Å². The van der Waals surface area contributed by atoms with Gasteiger partial charge in [0.05, 0.1) is 22.7 Å². The maximum Gasteiger partial charge on any atom is 0.245 e. The predicted octanol–water partition coefficient (Wildman–Crippen LogP) is 3.36. The fraction of sp³-hybridized carbons (Fsp3) is 0.235. The summed E-state index contributed by atoms with van der Waals surface area (Å²) in [5, 5.41) is 3.02. The number of hydrogen-bond donors (Lipinski definition) is 1. The Morgan fingerprint density at radius 3 is 2.38 bits per heavy atom. The van der Waals surface area contributed by atoms with E-state index in [2.05, 4.69) is 5.32 Å². The molecule has 2 aromatic rings. The van der Waals surface area contributed by atoms with E-state index in [1.54, 1.807) is 36.4 Å². The van der Waals surface area contributed by atoms with Gasteiger partial charge in [-0.1, -0.05) is 29.8 Å². The third-order valence-corrected chi connectivity index (χ3v) is 5.08. The molecule has 0 aliphatic heterocycles. The number of para-hydroxylation sites is 1. The van der Waals surface area contributed by atoms with Crippen LogP contribution in [-0.2, 0) is 14.8 Å². The number of benzene rings is 2. The Morgan fingerprint density at radius 1 is 1.12 bits per heavy atom. The number of sulfonamides is 1. The number of amides is 1. The lowest BCUT2D eigenvalue weighted by Crippen LogP contribution is -2.37. The summed E-state index contributed by atoms with van der Waals surface area (Å²) < 4.78 is 25.3. The maximum absolute atomic E-state index is 12.3. The number of aryl methyl sites for hydroxylation is 2. The summed E-state index contributed by atoms with van der Waals surface area (Å²) in [6.45, 7) is 3.50. The van der Waals surface area contributed by atoms with Gasteiger partial charge in [0.15, 0.2) is 0 Å². The monoisotopic (exact) mass is 366 g/mol.